The SMILES string of the molecule is COC(NC(=O)CCCCCCCN=C(N)N)C(=O)NCCCCNCCCN. The summed E-state index contributed by atoms with van der Waals surface area (Å²) in [5, 5.41) is 8.70. The van der Waals surface area contributed by atoms with Crippen LogP contribution in [0.15, 0.2) is 4.99 Å². The van der Waals surface area contributed by atoms with Gasteiger partial charge in [0.15, 0.2) is 5.96 Å². The highest BCUT2D eigenvalue weighted by molar-refractivity contribution is 5.86. The largest absolute Gasteiger partial charge is 0.370 e. The van der Waals surface area contributed by atoms with Gasteiger partial charge in [-0.05, 0) is 51.7 Å². The number of amides is 2. The lowest BCUT2D eigenvalue weighted by Gasteiger charge is -2.17. The van der Waals surface area contributed by atoms with Crippen molar-refractivity contribution >= 4 is 17.8 Å². The van der Waals surface area contributed by atoms with Gasteiger partial charge in [-0.15, -0.1) is 0 Å². The molecule has 29 heavy (non-hydrogen) atoms. The molecule has 0 aliphatic rings. The average molecular weight is 416 g/mol. The number of unbranched alkanes of at least 4 members (excludes halogenated alkanes) is 5. The molecule has 0 fully saturated rings. The molecule has 0 rings (SSSR count). The Kier molecular flexibility index (Phi) is 18.1. The van der Waals surface area contributed by atoms with Gasteiger partial charge in [0.05, 0.1) is 0 Å². The normalized spacial score (nSPS) is 11.7. The molecule has 0 bridgehead atoms. The first-order valence-electron chi connectivity index (χ1n) is 10.6. The molecule has 0 aromatic rings. The van der Waals surface area contributed by atoms with Gasteiger partial charge in [0, 0.05) is 26.6 Å². The molecule has 0 aliphatic carbocycles. The van der Waals surface area contributed by atoms with Crippen LogP contribution in [0.2, 0.25) is 0 Å². The van der Waals surface area contributed by atoms with Gasteiger partial charge in [-0.25, -0.2) is 0 Å². The first kappa shape index (κ1) is 27.1. The minimum Gasteiger partial charge on any atom is -0.370 e. The fraction of sp³-hybridized carbons (Fsp3) is 0.842. The Hall–Kier alpha value is -1.91. The minimum atomic E-state index is -0.954. The van der Waals surface area contributed by atoms with E-state index in [2.05, 4.69) is 20.9 Å². The van der Waals surface area contributed by atoms with Crippen LogP contribution < -0.4 is 33.2 Å². The second-order valence-electron chi connectivity index (χ2n) is 6.90. The van der Waals surface area contributed by atoms with Crippen LogP contribution in [0.3, 0.4) is 0 Å². The highest BCUT2D eigenvalue weighted by Crippen LogP contribution is 2.05. The number of nitrogens with two attached hydrogens (primary N) is 3. The standard InChI is InChI=1S/C19H41N7O3/c1-29-18(17(28)24-14-8-7-12-23-13-9-11-20)26-16(27)10-5-3-2-4-6-15-25-19(21)22/h18,23H,2-15,20H2,1H3,(H,24,28)(H,26,27)(H4,21,22,25). The van der Waals surface area contributed by atoms with E-state index in [1.165, 1.54) is 7.11 Å². The summed E-state index contributed by atoms with van der Waals surface area (Å²) in [7, 11) is 1.41. The Labute approximate surface area is 174 Å². The molecule has 10 heteroatoms. The third kappa shape index (κ3) is 17.9. The van der Waals surface area contributed by atoms with Crippen molar-refractivity contribution in [3.63, 3.8) is 0 Å². The number of nitrogens with zero attached hydrogens (tertiary/aromatic N) is 1. The van der Waals surface area contributed by atoms with Crippen molar-refractivity contribution in [2.45, 2.75) is 64.0 Å². The van der Waals surface area contributed by atoms with Crippen molar-refractivity contribution in [3.05, 3.63) is 0 Å². The number of rotatable bonds is 19. The summed E-state index contributed by atoms with van der Waals surface area (Å²) in [6.45, 7) is 3.69. The van der Waals surface area contributed by atoms with Gasteiger partial charge in [0.25, 0.3) is 5.91 Å². The van der Waals surface area contributed by atoms with Crippen LogP contribution >= 0.6 is 0 Å². The van der Waals surface area contributed by atoms with Crippen LogP contribution in [-0.2, 0) is 14.3 Å². The zero-order chi connectivity index (χ0) is 21.7. The molecule has 9 N–H and O–H groups in total. The lowest BCUT2D eigenvalue weighted by atomic mass is 10.1. The van der Waals surface area contributed by atoms with Crippen LogP contribution in [0.4, 0.5) is 0 Å². The summed E-state index contributed by atoms with van der Waals surface area (Å²) in [5.41, 5.74) is 15.9. The van der Waals surface area contributed by atoms with Crippen LogP contribution in [0.5, 0.6) is 0 Å². The summed E-state index contributed by atoms with van der Waals surface area (Å²) < 4.78 is 5.10. The van der Waals surface area contributed by atoms with Gasteiger partial charge in [0.2, 0.25) is 12.1 Å². The van der Waals surface area contributed by atoms with E-state index in [0.29, 0.717) is 26.1 Å². The molecule has 1 unspecified atom stereocenters. The first-order chi connectivity index (χ1) is 14.0. The van der Waals surface area contributed by atoms with Crippen molar-refractivity contribution in [1.29, 1.82) is 0 Å². The molecule has 0 aromatic heterocycles. The lowest BCUT2D eigenvalue weighted by Crippen LogP contribution is -2.48. The van der Waals surface area contributed by atoms with E-state index in [9.17, 15) is 9.59 Å². The highest BCUT2D eigenvalue weighted by atomic mass is 16.5. The van der Waals surface area contributed by atoms with E-state index in [4.69, 9.17) is 21.9 Å². The number of guanidine groups is 1. The molecule has 0 saturated heterocycles. The lowest BCUT2D eigenvalue weighted by molar-refractivity contribution is -0.139. The Bertz CT molecular complexity index is 457. The summed E-state index contributed by atoms with van der Waals surface area (Å²) in [4.78, 5) is 28.0. The van der Waals surface area contributed by atoms with E-state index < -0.39 is 6.23 Å². The maximum absolute atomic E-state index is 12.1. The van der Waals surface area contributed by atoms with Gasteiger partial charge >= 0.3 is 0 Å². The molecule has 0 radical (unpaired) electrons. The number of nitrogens with one attached hydrogen (secondary N) is 3. The minimum absolute atomic E-state index is 0.119. The monoisotopic (exact) mass is 415 g/mol. The zero-order valence-electron chi connectivity index (χ0n) is 17.9. The molecule has 0 heterocycles. The van der Waals surface area contributed by atoms with Crippen LogP contribution in [0, 0.1) is 0 Å². The van der Waals surface area contributed by atoms with Crippen molar-refractivity contribution in [3.8, 4) is 0 Å². The van der Waals surface area contributed by atoms with Crippen LogP contribution in [0.25, 0.3) is 0 Å². The number of methoxy groups -OCH3 is 1. The fourth-order valence-electron chi connectivity index (χ4n) is 2.62. The Morgan fingerprint density at radius 3 is 2.28 bits per heavy atom. The number of carbonyl (C=O) groups excluding carboxylic acids is 2. The van der Waals surface area contributed by atoms with Gasteiger partial charge < -0.3 is 37.9 Å². The zero-order valence-corrected chi connectivity index (χ0v) is 17.9. The van der Waals surface area contributed by atoms with Crippen LogP contribution in [0.1, 0.15) is 57.8 Å². The molecule has 0 aliphatic heterocycles. The summed E-state index contributed by atoms with van der Waals surface area (Å²) in [5.74, 6) is -0.387. The Balaban J connectivity index is 3.73. The van der Waals surface area contributed by atoms with Crippen molar-refractivity contribution < 1.29 is 14.3 Å². The second kappa shape index (κ2) is 19.4. The predicted octanol–water partition coefficient (Wildman–Crippen LogP) is -0.476. The predicted molar refractivity (Wildman–Crippen MR) is 116 cm³/mol. The molecule has 0 saturated carbocycles. The van der Waals surface area contributed by atoms with Crippen molar-refractivity contribution in [2.24, 2.45) is 22.2 Å². The third-order valence-electron chi connectivity index (χ3n) is 4.26. The second-order valence-corrected chi connectivity index (χ2v) is 6.90. The molecule has 0 spiro atoms. The number of ether oxygens (including phenoxy) is 1. The van der Waals surface area contributed by atoms with E-state index >= 15 is 0 Å². The molecule has 170 valence electrons. The average Bonchev–Trinajstić information content (AvgIpc) is 2.69. The highest BCUT2D eigenvalue weighted by Gasteiger charge is 2.19. The summed E-state index contributed by atoms with van der Waals surface area (Å²) in [6, 6.07) is 0. The molecule has 1 atom stereocenters. The number of hydrogen-bond acceptors (Lipinski definition) is 6. The molecular weight excluding hydrogens is 374 g/mol. The van der Waals surface area contributed by atoms with Gasteiger partial charge in [0.1, 0.15) is 0 Å². The van der Waals surface area contributed by atoms with Gasteiger partial charge in [-0.1, -0.05) is 19.3 Å². The van der Waals surface area contributed by atoms with Gasteiger partial charge in [-0.2, -0.15) is 0 Å². The number of hydrogen-bond donors (Lipinski definition) is 6. The quantitative estimate of drug-likeness (QED) is 0.0716. The van der Waals surface area contributed by atoms with Crippen molar-refractivity contribution in [2.75, 3.05) is 39.8 Å². The maximum atomic E-state index is 12.1. The molecule has 10 nitrogen and oxygen atoms in total. The number of aliphatic imine (C=N–C) groups is 1. The van der Waals surface area contributed by atoms with Crippen LogP contribution in [-0.4, -0.2) is 63.8 Å². The fourth-order valence-corrected chi connectivity index (χ4v) is 2.62. The maximum Gasteiger partial charge on any atom is 0.270 e. The first-order valence-corrected chi connectivity index (χ1v) is 10.6. The molecular formula is C19H41N7O3. The number of carbonyl (C=O) groups is 2. The smallest absolute Gasteiger partial charge is 0.270 e. The van der Waals surface area contributed by atoms with E-state index in [1.54, 1.807) is 0 Å². The Morgan fingerprint density at radius 1 is 0.931 bits per heavy atom. The van der Waals surface area contributed by atoms with Gasteiger partial charge in [-0.3, -0.25) is 14.6 Å². The Morgan fingerprint density at radius 2 is 1.59 bits per heavy atom. The molecule has 2 amide bonds. The van der Waals surface area contributed by atoms with E-state index in [0.717, 1.165) is 64.5 Å². The summed E-state index contributed by atoms with van der Waals surface area (Å²) in [6.07, 6.45) is 6.87. The summed E-state index contributed by atoms with van der Waals surface area (Å²) >= 11 is 0. The topological polar surface area (TPSA) is 170 Å². The van der Waals surface area contributed by atoms with Crippen molar-refractivity contribution in [1.82, 2.24) is 16.0 Å². The van der Waals surface area contributed by atoms with E-state index in [1.807, 2.05) is 0 Å². The molecule has 0 aromatic carbocycles. The third-order valence-corrected chi connectivity index (χ3v) is 4.26. The van der Waals surface area contributed by atoms with E-state index in [-0.39, 0.29) is 17.8 Å².